The average molecular weight is 542 g/mol. The van der Waals surface area contributed by atoms with Gasteiger partial charge < -0.3 is 9.47 Å². The molecule has 1 amide bonds. The lowest BCUT2D eigenvalue weighted by Gasteiger charge is -2.11. The third-order valence-corrected chi connectivity index (χ3v) is 6.21. The molecule has 0 spiro atoms. The Balaban J connectivity index is 1.48. The summed E-state index contributed by atoms with van der Waals surface area (Å²) in [5, 5.41) is 12.9. The Hall–Kier alpha value is -4.32. The van der Waals surface area contributed by atoms with Crippen LogP contribution in [0.3, 0.4) is 0 Å². The first-order valence-corrected chi connectivity index (χ1v) is 12.1. The lowest BCUT2D eigenvalue weighted by Crippen LogP contribution is -2.20. The first kappa shape index (κ1) is 26.7. The fourth-order valence-corrected chi connectivity index (χ4v) is 4.10. The number of methoxy groups -OCH3 is 2. The maximum Gasteiger partial charge on any atom is 0.416 e. The summed E-state index contributed by atoms with van der Waals surface area (Å²) in [7, 11) is 3.17. The molecule has 0 unspecified atom stereocenters. The molecule has 0 saturated carbocycles. The molecule has 38 heavy (non-hydrogen) atoms. The van der Waals surface area contributed by atoms with Gasteiger partial charge >= 0.3 is 6.18 Å². The van der Waals surface area contributed by atoms with E-state index in [2.05, 4.69) is 20.7 Å². The van der Waals surface area contributed by atoms with Crippen LogP contribution in [0, 0.1) is 0 Å². The van der Waals surface area contributed by atoms with Crippen LogP contribution in [0.4, 0.5) is 13.2 Å². The molecule has 0 aliphatic rings. The number of alkyl halides is 3. The number of halogens is 3. The molecule has 1 N–H and O–H groups in total. The molecule has 0 aliphatic carbocycles. The van der Waals surface area contributed by atoms with Gasteiger partial charge in [0, 0.05) is 11.3 Å². The van der Waals surface area contributed by atoms with E-state index in [0.717, 1.165) is 35.1 Å². The topological polar surface area (TPSA) is 90.6 Å². The number of carbonyl (C=O) groups excluding carboxylic acids is 1. The minimum absolute atomic E-state index is 0.0265. The van der Waals surface area contributed by atoms with Gasteiger partial charge in [0.25, 0.3) is 5.91 Å². The molecule has 196 valence electrons. The molecule has 0 bridgehead atoms. The Morgan fingerprint density at radius 1 is 0.947 bits per heavy atom. The first-order chi connectivity index (χ1) is 18.3. The van der Waals surface area contributed by atoms with Crippen molar-refractivity contribution < 1.29 is 27.4 Å². The third-order valence-electron chi connectivity index (χ3n) is 5.29. The maximum atomic E-state index is 12.7. The van der Waals surface area contributed by atoms with Crippen molar-refractivity contribution in [1.82, 2.24) is 20.2 Å². The minimum atomic E-state index is -4.42. The van der Waals surface area contributed by atoms with Crippen LogP contribution in [0.5, 0.6) is 11.5 Å². The van der Waals surface area contributed by atoms with E-state index >= 15 is 0 Å². The normalized spacial score (nSPS) is 11.5. The molecule has 1 aromatic heterocycles. The van der Waals surface area contributed by atoms with Crippen molar-refractivity contribution in [3.8, 4) is 28.6 Å². The van der Waals surface area contributed by atoms with Crippen molar-refractivity contribution in [1.29, 1.82) is 0 Å². The summed E-state index contributed by atoms with van der Waals surface area (Å²) < 4.78 is 50.4. The van der Waals surface area contributed by atoms with Gasteiger partial charge in [-0.2, -0.15) is 18.3 Å². The number of nitrogens with zero attached hydrogens (tertiary/aromatic N) is 4. The Labute approximate surface area is 220 Å². The van der Waals surface area contributed by atoms with E-state index in [0.29, 0.717) is 28.0 Å². The summed E-state index contributed by atoms with van der Waals surface area (Å²) in [6.07, 6.45) is -3.15. The van der Waals surface area contributed by atoms with Crippen molar-refractivity contribution >= 4 is 23.9 Å². The lowest BCUT2D eigenvalue weighted by atomic mass is 10.1. The van der Waals surface area contributed by atoms with Crippen LogP contribution in [0.1, 0.15) is 11.1 Å². The molecule has 4 aromatic rings. The summed E-state index contributed by atoms with van der Waals surface area (Å²) >= 11 is 1.16. The molecule has 0 atom stereocenters. The highest BCUT2D eigenvalue weighted by Gasteiger charge is 2.29. The quantitative estimate of drug-likeness (QED) is 0.178. The zero-order valence-corrected chi connectivity index (χ0v) is 21.1. The SMILES string of the molecule is COc1ccc(-c2nnc(SCC(=O)NN=Cc3ccc(C(F)(F)F)cc3)n2-c2ccc(OC)cc2)cc1. The number of aromatic nitrogens is 3. The predicted molar refractivity (Wildman–Crippen MR) is 138 cm³/mol. The van der Waals surface area contributed by atoms with Gasteiger partial charge in [-0.25, -0.2) is 5.43 Å². The van der Waals surface area contributed by atoms with E-state index in [-0.39, 0.29) is 5.75 Å². The molecular formula is C26H22F3N5O3S. The number of thioether (sulfide) groups is 1. The van der Waals surface area contributed by atoms with E-state index in [1.54, 1.807) is 14.2 Å². The van der Waals surface area contributed by atoms with Crippen LogP contribution < -0.4 is 14.9 Å². The van der Waals surface area contributed by atoms with Crippen LogP contribution in [-0.2, 0) is 11.0 Å². The zero-order chi connectivity index (χ0) is 27.1. The van der Waals surface area contributed by atoms with Gasteiger partial charge in [-0.1, -0.05) is 23.9 Å². The van der Waals surface area contributed by atoms with Crippen LogP contribution in [0.2, 0.25) is 0 Å². The highest BCUT2D eigenvalue weighted by atomic mass is 32.2. The number of hydrogen-bond donors (Lipinski definition) is 1. The van der Waals surface area contributed by atoms with Crippen molar-refractivity contribution in [2.24, 2.45) is 5.10 Å². The minimum Gasteiger partial charge on any atom is -0.497 e. The predicted octanol–water partition coefficient (Wildman–Crippen LogP) is 5.21. The van der Waals surface area contributed by atoms with Crippen LogP contribution in [0.15, 0.2) is 83.1 Å². The van der Waals surface area contributed by atoms with Gasteiger partial charge in [0.1, 0.15) is 11.5 Å². The Kier molecular flexibility index (Phi) is 8.31. The maximum absolute atomic E-state index is 12.7. The van der Waals surface area contributed by atoms with Gasteiger partial charge in [0.15, 0.2) is 11.0 Å². The number of ether oxygens (including phenoxy) is 2. The fraction of sp³-hybridized carbons (Fsp3) is 0.154. The van der Waals surface area contributed by atoms with E-state index in [4.69, 9.17) is 9.47 Å². The van der Waals surface area contributed by atoms with Crippen LogP contribution >= 0.6 is 11.8 Å². The molecular weight excluding hydrogens is 519 g/mol. The van der Waals surface area contributed by atoms with E-state index in [1.807, 2.05) is 53.1 Å². The fourth-order valence-electron chi connectivity index (χ4n) is 3.35. The van der Waals surface area contributed by atoms with Crippen molar-refractivity contribution in [2.75, 3.05) is 20.0 Å². The van der Waals surface area contributed by atoms with Gasteiger partial charge in [-0.05, 0) is 66.2 Å². The number of hydrogen-bond acceptors (Lipinski definition) is 7. The van der Waals surface area contributed by atoms with Gasteiger partial charge in [0.05, 0.1) is 31.8 Å². The van der Waals surface area contributed by atoms with Gasteiger partial charge in [-0.3, -0.25) is 9.36 Å². The molecule has 4 rings (SSSR count). The molecule has 3 aromatic carbocycles. The van der Waals surface area contributed by atoms with E-state index in [1.165, 1.54) is 18.3 Å². The highest BCUT2D eigenvalue weighted by Crippen LogP contribution is 2.30. The summed E-state index contributed by atoms with van der Waals surface area (Å²) in [6.45, 7) is 0. The standard InChI is InChI=1S/C26H22F3N5O3S/c1-36-21-11-5-18(6-12-21)24-32-33-25(34(24)20-9-13-22(37-2)14-10-20)38-16-23(35)31-30-15-17-3-7-19(8-4-17)26(27,28)29/h3-15H,16H2,1-2H3,(H,31,35). The number of nitrogens with one attached hydrogen (secondary N) is 1. The lowest BCUT2D eigenvalue weighted by molar-refractivity contribution is -0.137. The van der Waals surface area contributed by atoms with Crippen LogP contribution in [0.25, 0.3) is 17.1 Å². The zero-order valence-electron chi connectivity index (χ0n) is 20.3. The van der Waals surface area contributed by atoms with Gasteiger partial charge in [0.2, 0.25) is 0 Å². The second kappa shape index (κ2) is 11.8. The summed E-state index contributed by atoms with van der Waals surface area (Å²) in [5.74, 6) is 1.51. The summed E-state index contributed by atoms with van der Waals surface area (Å²) in [6, 6.07) is 19.1. The molecule has 12 heteroatoms. The molecule has 0 saturated heterocycles. The van der Waals surface area contributed by atoms with Crippen LogP contribution in [-0.4, -0.2) is 46.9 Å². The molecule has 0 aliphatic heterocycles. The van der Waals surface area contributed by atoms with Crippen molar-refractivity contribution in [3.63, 3.8) is 0 Å². The van der Waals surface area contributed by atoms with E-state index in [9.17, 15) is 18.0 Å². The third kappa shape index (κ3) is 6.51. The number of rotatable bonds is 9. The molecule has 0 fully saturated rings. The second-order valence-corrected chi connectivity index (χ2v) is 8.71. The Bertz CT molecular complexity index is 1400. The largest absolute Gasteiger partial charge is 0.497 e. The smallest absolute Gasteiger partial charge is 0.416 e. The molecule has 0 radical (unpaired) electrons. The molecule has 1 heterocycles. The first-order valence-electron chi connectivity index (χ1n) is 11.1. The number of hydrazone groups is 1. The molecule has 8 nitrogen and oxygen atoms in total. The summed E-state index contributed by atoms with van der Waals surface area (Å²) in [4.78, 5) is 12.4. The average Bonchev–Trinajstić information content (AvgIpc) is 3.35. The highest BCUT2D eigenvalue weighted by molar-refractivity contribution is 7.99. The second-order valence-electron chi connectivity index (χ2n) is 7.77. The van der Waals surface area contributed by atoms with Crippen molar-refractivity contribution in [3.05, 3.63) is 83.9 Å². The van der Waals surface area contributed by atoms with Crippen molar-refractivity contribution in [2.45, 2.75) is 11.3 Å². The number of amides is 1. The number of carbonyl (C=O) groups is 1. The monoisotopic (exact) mass is 541 g/mol. The number of benzene rings is 3. The Morgan fingerprint density at radius 2 is 1.55 bits per heavy atom. The Morgan fingerprint density at radius 3 is 2.13 bits per heavy atom. The van der Waals surface area contributed by atoms with E-state index < -0.39 is 17.6 Å². The summed E-state index contributed by atoms with van der Waals surface area (Å²) in [5.41, 5.74) is 3.59. The van der Waals surface area contributed by atoms with Gasteiger partial charge in [-0.15, -0.1) is 10.2 Å².